The van der Waals surface area contributed by atoms with Gasteiger partial charge in [-0.3, -0.25) is 20.2 Å². The van der Waals surface area contributed by atoms with Crippen molar-refractivity contribution in [2.45, 2.75) is 5.92 Å². The molecule has 0 heterocycles. The minimum absolute atomic E-state index is 0.451. The summed E-state index contributed by atoms with van der Waals surface area (Å²) >= 11 is 0. The van der Waals surface area contributed by atoms with E-state index in [2.05, 4.69) is 9.47 Å². The van der Waals surface area contributed by atoms with E-state index in [4.69, 9.17) is 0 Å². The van der Waals surface area contributed by atoms with Crippen molar-refractivity contribution >= 4 is 0 Å². The molecule has 0 aliphatic carbocycles. The quantitative estimate of drug-likeness (QED) is 0.192. The summed E-state index contributed by atoms with van der Waals surface area (Å²) in [4.78, 5) is 16.5. The average Bonchev–Trinajstić information content (AvgIpc) is 2.03. The van der Waals surface area contributed by atoms with Gasteiger partial charge in [0.2, 0.25) is 6.61 Å². The molecular weight excluding hydrogens is 191 g/mol. The fourth-order valence-electron chi connectivity index (χ4n) is 0.427. The van der Waals surface area contributed by atoms with Crippen LogP contribution in [0.4, 0.5) is 4.39 Å². The van der Waals surface area contributed by atoms with Crippen LogP contribution in [-0.4, -0.2) is 36.3 Å². The molecule has 0 rings (SSSR count). The van der Waals surface area contributed by atoms with Crippen LogP contribution >= 0.6 is 0 Å². The van der Waals surface area contributed by atoms with Gasteiger partial charge < -0.3 is 9.47 Å². The molecule has 0 unspecified atom stereocenters. The first kappa shape index (κ1) is 11.6. The average molecular weight is 198 g/mol. The van der Waals surface area contributed by atoms with Gasteiger partial charge in [0.05, 0.1) is 0 Å². The van der Waals surface area contributed by atoms with E-state index in [1.54, 1.807) is 0 Å². The molecule has 13 heavy (non-hydrogen) atoms. The number of hydrogen-bond donors (Lipinski definition) is 0. The van der Waals surface area contributed by atoms with Crippen molar-refractivity contribution in [3.05, 3.63) is 20.2 Å². The number of methoxy groups -OCH3 is 1. The molecule has 9 heteroatoms. The molecule has 0 aliphatic heterocycles. The molecule has 8 nitrogen and oxygen atoms in total. The molecule has 0 saturated heterocycles. The third kappa shape index (κ3) is 2.87. The summed E-state index contributed by atoms with van der Waals surface area (Å²) in [7, 11) is 1.19. The van der Waals surface area contributed by atoms with Crippen molar-refractivity contribution in [1.29, 1.82) is 0 Å². The maximum atomic E-state index is 12.8. The normalized spacial score (nSPS) is 11.2. The molecule has 0 aromatic carbocycles. The number of rotatable bonds is 6. The highest BCUT2D eigenvalue weighted by Crippen LogP contribution is 2.13. The van der Waals surface area contributed by atoms with E-state index in [1.165, 1.54) is 7.11 Å². The highest BCUT2D eigenvalue weighted by Gasteiger charge is 2.58. The molecule has 0 fully saturated rings. The molecule has 0 N–H and O–H groups in total. The van der Waals surface area contributed by atoms with Gasteiger partial charge in [0, 0.05) is 7.11 Å². The summed E-state index contributed by atoms with van der Waals surface area (Å²) in [6, 6.07) is 0. The summed E-state index contributed by atoms with van der Waals surface area (Å²) in [6.45, 7) is -1.74. The van der Waals surface area contributed by atoms with Crippen LogP contribution in [0.1, 0.15) is 0 Å². The zero-order valence-electron chi connectivity index (χ0n) is 6.64. The van der Waals surface area contributed by atoms with Gasteiger partial charge >= 0.3 is 5.92 Å². The Kier molecular flexibility index (Phi) is 4.14. The van der Waals surface area contributed by atoms with E-state index < -0.39 is 29.2 Å². The molecule has 0 aliphatic rings. The topological polar surface area (TPSA) is 105 Å². The predicted octanol–water partition coefficient (Wildman–Crippen LogP) is -0.216. The summed E-state index contributed by atoms with van der Waals surface area (Å²) in [6.07, 6.45) is 0. The second kappa shape index (κ2) is 4.62. The van der Waals surface area contributed by atoms with Crippen molar-refractivity contribution in [1.82, 2.24) is 0 Å². The third-order valence-electron chi connectivity index (χ3n) is 1.05. The van der Waals surface area contributed by atoms with Gasteiger partial charge in [0.1, 0.15) is 16.6 Å². The van der Waals surface area contributed by atoms with Crippen LogP contribution < -0.4 is 0 Å². The fraction of sp³-hybridized carbons (Fsp3) is 1.00. The molecule has 0 atom stereocenters. The van der Waals surface area contributed by atoms with E-state index in [9.17, 15) is 24.6 Å². The van der Waals surface area contributed by atoms with E-state index in [1.807, 2.05) is 0 Å². The number of nitrogens with zero attached hydrogens (tertiary/aromatic N) is 2. The predicted molar refractivity (Wildman–Crippen MR) is 35.7 cm³/mol. The van der Waals surface area contributed by atoms with Crippen molar-refractivity contribution in [3.8, 4) is 0 Å². The Labute approximate surface area is 71.5 Å². The van der Waals surface area contributed by atoms with Gasteiger partial charge in [-0.1, -0.05) is 4.39 Å². The molecule has 76 valence electrons. The lowest BCUT2D eigenvalue weighted by Gasteiger charge is -2.07. The standard InChI is InChI=1S/C4H7FN2O6/c1-12-3-13-2-4(5,6(8)9)7(10)11/h2-3H2,1H3. The smallest absolute Gasteiger partial charge is 0.359 e. The van der Waals surface area contributed by atoms with E-state index >= 15 is 0 Å². The second-order valence-corrected chi connectivity index (χ2v) is 1.99. The van der Waals surface area contributed by atoms with Gasteiger partial charge in [-0.15, -0.1) is 0 Å². The zero-order valence-corrected chi connectivity index (χ0v) is 6.64. The first-order chi connectivity index (χ1) is 5.95. The number of nitro groups is 2. The van der Waals surface area contributed by atoms with Crippen molar-refractivity contribution in [2.24, 2.45) is 0 Å². The van der Waals surface area contributed by atoms with E-state index in [0.29, 0.717) is 0 Å². The molecule has 0 radical (unpaired) electrons. The number of hydrogen-bond acceptors (Lipinski definition) is 6. The van der Waals surface area contributed by atoms with Crippen LogP contribution in [0.15, 0.2) is 0 Å². The van der Waals surface area contributed by atoms with Gasteiger partial charge in [0.15, 0.2) is 0 Å². The van der Waals surface area contributed by atoms with E-state index in [-0.39, 0.29) is 0 Å². The Morgan fingerprint density at radius 3 is 2.15 bits per heavy atom. The highest BCUT2D eigenvalue weighted by atomic mass is 19.2. The zero-order chi connectivity index (χ0) is 10.5. The van der Waals surface area contributed by atoms with E-state index in [0.717, 1.165) is 0 Å². The summed E-state index contributed by atoms with van der Waals surface area (Å²) in [5, 5.41) is 19.8. The van der Waals surface area contributed by atoms with Crippen LogP contribution in [0.2, 0.25) is 0 Å². The molecule has 0 aromatic heterocycles. The molecule has 0 spiro atoms. The van der Waals surface area contributed by atoms with Crippen LogP contribution in [0, 0.1) is 20.2 Å². The van der Waals surface area contributed by atoms with Crippen LogP contribution in [0.25, 0.3) is 0 Å². The highest BCUT2D eigenvalue weighted by molar-refractivity contribution is 4.48. The van der Waals surface area contributed by atoms with Crippen molar-refractivity contribution in [2.75, 3.05) is 20.5 Å². The van der Waals surface area contributed by atoms with Crippen LogP contribution in [0.3, 0.4) is 0 Å². The number of halogens is 1. The second-order valence-electron chi connectivity index (χ2n) is 1.99. The molecular formula is C4H7FN2O6. The lowest BCUT2D eigenvalue weighted by Crippen LogP contribution is -2.46. The van der Waals surface area contributed by atoms with Gasteiger partial charge in [-0.25, -0.2) is 0 Å². The molecule has 0 saturated carbocycles. The molecule has 0 aromatic rings. The summed E-state index contributed by atoms with van der Waals surface area (Å²) in [5.41, 5.74) is 0. The monoisotopic (exact) mass is 198 g/mol. The van der Waals surface area contributed by atoms with Crippen LogP contribution in [-0.2, 0) is 9.47 Å². The minimum atomic E-state index is -3.81. The maximum Gasteiger partial charge on any atom is 0.637 e. The Hall–Kier alpha value is -1.35. The molecule has 0 bridgehead atoms. The lowest BCUT2D eigenvalue weighted by molar-refractivity contribution is -0.833. The number of ether oxygens (including phenoxy) is 2. The van der Waals surface area contributed by atoms with Crippen molar-refractivity contribution < 1.29 is 23.7 Å². The molecule has 0 amide bonds. The Bertz CT molecular complexity index is 195. The first-order valence-electron chi connectivity index (χ1n) is 2.99. The Morgan fingerprint density at radius 2 is 1.85 bits per heavy atom. The van der Waals surface area contributed by atoms with Gasteiger partial charge in [-0.05, 0) is 0 Å². The van der Waals surface area contributed by atoms with Gasteiger partial charge in [0.25, 0.3) is 0 Å². The third-order valence-corrected chi connectivity index (χ3v) is 1.05. The van der Waals surface area contributed by atoms with Crippen molar-refractivity contribution in [3.63, 3.8) is 0 Å². The van der Waals surface area contributed by atoms with Crippen LogP contribution in [0.5, 0.6) is 0 Å². The maximum absolute atomic E-state index is 12.8. The minimum Gasteiger partial charge on any atom is -0.359 e. The lowest BCUT2D eigenvalue weighted by atomic mass is 10.5. The first-order valence-corrected chi connectivity index (χ1v) is 2.99. The summed E-state index contributed by atoms with van der Waals surface area (Å²) in [5.74, 6) is -3.81. The SMILES string of the molecule is COCOCC(F)([N+](=O)[O-])[N+](=O)[O-]. The van der Waals surface area contributed by atoms with Gasteiger partial charge in [-0.2, -0.15) is 0 Å². The Balaban J connectivity index is 4.26. The fourth-order valence-corrected chi connectivity index (χ4v) is 0.427. The Morgan fingerprint density at radius 1 is 1.38 bits per heavy atom. The summed E-state index contributed by atoms with van der Waals surface area (Å²) < 4.78 is 21.2. The number of alkyl halides is 1. The largest absolute Gasteiger partial charge is 0.637 e.